The van der Waals surface area contributed by atoms with E-state index in [1.807, 2.05) is 28.5 Å². The summed E-state index contributed by atoms with van der Waals surface area (Å²) < 4.78 is 29.6. The molecule has 0 aliphatic carbocycles. The highest BCUT2D eigenvalue weighted by Gasteiger charge is 2.59. The number of hydrogen-bond donors (Lipinski definition) is 0. The summed E-state index contributed by atoms with van der Waals surface area (Å²) in [4.78, 5) is 12.8. The normalized spacial score (nSPS) is 27.0. The summed E-state index contributed by atoms with van der Waals surface area (Å²) in [5.41, 5.74) is -0.986. The van der Waals surface area contributed by atoms with Crippen molar-refractivity contribution in [1.82, 2.24) is 14.9 Å². The fraction of sp³-hybridized carbons (Fsp3) is 0.529. The van der Waals surface area contributed by atoms with E-state index in [4.69, 9.17) is 0 Å². The van der Waals surface area contributed by atoms with Crippen molar-refractivity contribution in [3.8, 4) is 0 Å². The number of rotatable bonds is 3. The second-order valence-electron chi connectivity index (χ2n) is 6.73. The highest BCUT2D eigenvalue weighted by molar-refractivity contribution is 7.09. The number of thiazole rings is 1. The average Bonchev–Trinajstić information content (AvgIpc) is 3.23. The number of alkyl halides is 2. The highest BCUT2D eigenvalue weighted by atomic mass is 32.1. The molecule has 4 rings (SSSR count). The number of aromatic nitrogens is 2. The average molecular weight is 350 g/mol. The summed E-state index contributed by atoms with van der Waals surface area (Å²) in [5, 5.41) is 2.93. The van der Waals surface area contributed by atoms with Gasteiger partial charge in [0.2, 0.25) is 0 Å². The number of nitrogens with zero attached hydrogens (tertiary/aromatic N) is 4. The van der Waals surface area contributed by atoms with Gasteiger partial charge in [0, 0.05) is 50.4 Å². The Kier molecular flexibility index (Phi) is 4.00. The Labute approximate surface area is 144 Å². The molecule has 1 spiro atoms. The van der Waals surface area contributed by atoms with Gasteiger partial charge in [-0.2, -0.15) is 0 Å². The number of hydrogen-bond acceptors (Lipinski definition) is 5. The van der Waals surface area contributed by atoms with E-state index in [0.29, 0.717) is 39.1 Å². The van der Waals surface area contributed by atoms with E-state index in [9.17, 15) is 8.78 Å². The molecule has 0 bridgehead atoms. The molecule has 2 aromatic rings. The van der Waals surface area contributed by atoms with Gasteiger partial charge in [0.1, 0.15) is 10.8 Å². The maximum atomic E-state index is 14.8. The maximum Gasteiger partial charge on any atom is 0.257 e. The third-order valence-corrected chi connectivity index (χ3v) is 5.98. The van der Waals surface area contributed by atoms with Gasteiger partial charge < -0.3 is 4.90 Å². The summed E-state index contributed by atoms with van der Waals surface area (Å²) in [6, 6.07) is 5.65. The Morgan fingerprint density at radius 3 is 2.75 bits per heavy atom. The summed E-state index contributed by atoms with van der Waals surface area (Å²) >= 11 is 1.58. The molecule has 24 heavy (non-hydrogen) atoms. The first-order valence-electron chi connectivity index (χ1n) is 8.23. The zero-order valence-electron chi connectivity index (χ0n) is 13.4. The third kappa shape index (κ3) is 2.80. The van der Waals surface area contributed by atoms with Gasteiger partial charge in [0.15, 0.2) is 0 Å². The topological polar surface area (TPSA) is 32.3 Å². The first kappa shape index (κ1) is 15.9. The zero-order valence-corrected chi connectivity index (χ0v) is 14.2. The molecule has 128 valence electrons. The van der Waals surface area contributed by atoms with Crippen molar-refractivity contribution < 1.29 is 8.78 Å². The van der Waals surface area contributed by atoms with Crippen LogP contribution in [0.3, 0.4) is 0 Å². The van der Waals surface area contributed by atoms with Gasteiger partial charge in [-0.15, -0.1) is 11.3 Å². The van der Waals surface area contributed by atoms with Crippen LogP contribution < -0.4 is 4.90 Å². The van der Waals surface area contributed by atoms with Gasteiger partial charge in [-0.25, -0.2) is 18.7 Å². The van der Waals surface area contributed by atoms with Crippen LogP contribution >= 0.6 is 11.3 Å². The van der Waals surface area contributed by atoms with Gasteiger partial charge in [0.25, 0.3) is 5.92 Å². The lowest BCUT2D eigenvalue weighted by atomic mass is 9.75. The molecule has 2 aromatic heterocycles. The second kappa shape index (κ2) is 6.04. The van der Waals surface area contributed by atoms with Crippen LogP contribution in [-0.2, 0) is 6.54 Å². The van der Waals surface area contributed by atoms with Crippen LogP contribution in [-0.4, -0.2) is 47.0 Å². The zero-order chi connectivity index (χ0) is 16.6. The SMILES string of the molecule is FC1(F)CCN(Cc2nccs2)CC12CCN(c1ccccn1)C2. The first-order chi connectivity index (χ1) is 11.6. The van der Waals surface area contributed by atoms with Crippen molar-refractivity contribution in [2.75, 3.05) is 31.1 Å². The molecule has 4 heterocycles. The van der Waals surface area contributed by atoms with Crippen molar-refractivity contribution in [2.24, 2.45) is 5.41 Å². The number of piperidine rings is 1. The monoisotopic (exact) mass is 350 g/mol. The molecule has 0 amide bonds. The summed E-state index contributed by atoms with van der Waals surface area (Å²) in [6.07, 6.45) is 3.92. The van der Waals surface area contributed by atoms with Crippen molar-refractivity contribution in [3.05, 3.63) is 41.0 Å². The van der Waals surface area contributed by atoms with Gasteiger partial charge in [-0.3, -0.25) is 4.90 Å². The lowest BCUT2D eigenvalue weighted by Crippen LogP contribution is -2.56. The Hall–Kier alpha value is -1.60. The van der Waals surface area contributed by atoms with Crippen molar-refractivity contribution in [1.29, 1.82) is 0 Å². The quantitative estimate of drug-likeness (QED) is 0.850. The molecule has 1 unspecified atom stereocenters. The largest absolute Gasteiger partial charge is 0.356 e. The van der Waals surface area contributed by atoms with Crippen LogP contribution in [0.2, 0.25) is 0 Å². The summed E-state index contributed by atoms with van der Waals surface area (Å²) in [6.45, 7) is 2.52. The van der Waals surface area contributed by atoms with Crippen LogP contribution in [0.1, 0.15) is 17.8 Å². The predicted octanol–water partition coefficient (Wildman–Crippen LogP) is 3.28. The molecule has 4 nitrogen and oxygen atoms in total. The van der Waals surface area contributed by atoms with Gasteiger partial charge >= 0.3 is 0 Å². The number of likely N-dealkylation sites (tertiary alicyclic amines) is 1. The summed E-state index contributed by atoms with van der Waals surface area (Å²) in [7, 11) is 0. The van der Waals surface area contributed by atoms with E-state index in [2.05, 4.69) is 14.9 Å². The lowest BCUT2D eigenvalue weighted by Gasteiger charge is -2.45. The Morgan fingerprint density at radius 2 is 2.00 bits per heavy atom. The number of halogens is 2. The van der Waals surface area contributed by atoms with Crippen molar-refractivity contribution in [2.45, 2.75) is 25.3 Å². The molecule has 2 fully saturated rings. The van der Waals surface area contributed by atoms with Crippen LogP contribution in [0.15, 0.2) is 36.0 Å². The smallest absolute Gasteiger partial charge is 0.257 e. The Morgan fingerprint density at radius 1 is 1.08 bits per heavy atom. The predicted molar refractivity (Wildman–Crippen MR) is 90.5 cm³/mol. The molecule has 2 aliphatic heterocycles. The highest BCUT2D eigenvalue weighted by Crippen LogP contribution is 2.50. The first-order valence-corrected chi connectivity index (χ1v) is 9.11. The molecule has 1 atom stereocenters. The van der Waals surface area contributed by atoms with Crippen molar-refractivity contribution in [3.63, 3.8) is 0 Å². The molecule has 0 saturated carbocycles. The summed E-state index contributed by atoms with van der Waals surface area (Å²) in [5.74, 6) is -1.84. The molecular formula is C17H20F2N4S. The number of anilines is 1. The van der Waals surface area contributed by atoms with E-state index in [0.717, 1.165) is 10.8 Å². The van der Waals surface area contributed by atoms with E-state index in [-0.39, 0.29) is 6.42 Å². The molecule has 0 aromatic carbocycles. The van der Waals surface area contributed by atoms with Crippen LogP contribution in [0, 0.1) is 5.41 Å². The van der Waals surface area contributed by atoms with Crippen LogP contribution in [0.4, 0.5) is 14.6 Å². The van der Waals surface area contributed by atoms with E-state index >= 15 is 0 Å². The minimum Gasteiger partial charge on any atom is -0.356 e. The molecular weight excluding hydrogens is 330 g/mol. The minimum atomic E-state index is -2.63. The molecule has 2 saturated heterocycles. The second-order valence-corrected chi connectivity index (χ2v) is 7.71. The fourth-order valence-corrected chi connectivity index (χ4v) is 4.54. The lowest BCUT2D eigenvalue weighted by molar-refractivity contribution is -0.158. The Balaban J connectivity index is 1.53. The van der Waals surface area contributed by atoms with Crippen LogP contribution in [0.5, 0.6) is 0 Å². The molecule has 0 N–H and O–H groups in total. The van der Waals surface area contributed by atoms with Crippen LogP contribution in [0.25, 0.3) is 0 Å². The van der Waals surface area contributed by atoms with E-state index in [1.165, 1.54) is 0 Å². The number of pyridine rings is 1. The van der Waals surface area contributed by atoms with Crippen molar-refractivity contribution >= 4 is 17.2 Å². The molecule has 0 radical (unpaired) electrons. The fourth-order valence-electron chi connectivity index (χ4n) is 3.88. The maximum absolute atomic E-state index is 14.8. The van der Waals surface area contributed by atoms with Gasteiger partial charge in [0.05, 0.1) is 12.0 Å². The van der Waals surface area contributed by atoms with E-state index < -0.39 is 11.3 Å². The molecule has 2 aliphatic rings. The Bertz CT molecular complexity index is 679. The minimum absolute atomic E-state index is 0.0750. The van der Waals surface area contributed by atoms with Gasteiger partial charge in [-0.05, 0) is 18.6 Å². The van der Waals surface area contributed by atoms with Gasteiger partial charge in [-0.1, -0.05) is 6.07 Å². The standard InChI is InChI=1S/C17H20F2N4S/c18-17(19)5-8-22(11-15-21-7-10-24-15)12-16(17)4-9-23(13-16)14-3-1-2-6-20-14/h1-3,6-7,10H,4-5,8-9,11-13H2. The third-order valence-electron chi connectivity index (χ3n) is 5.21. The van der Waals surface area contributed by atoms with E-state index in [1.54, 1.807) is 23.7 Å². The molecule has 7 heteroatoms.